The highest BCUT2D eigenvalue weighted by Gasteiger charge is 2.18. The molecule has 1 aliphatic carbocycles. The molecule has 0 amide bonds. The molecule has 4 nitrogen and oxygen atoms in total. The lowest BCUT2D eigenvalue weighted by Gasteiger charge is -2.20. The zero-order chi connectivity index (χ0) is 30.2. The van der Waals surface area contributed by atoms with E-state index in [-0.39, 0.29) is 0 Å². The number of nitriles is 1. The standard InChI is InChI=1S/C41H27N3O/c42-26-27-23-32(28-12-16-30(17-13-28)38-9-5-6-22-43-38)25-33(24-27)35-21-20-34(36-7-1-2-8-37(35)36)29-14-18-31(19-15-29)41-44-39-10-3-4-11-40(39)45-41/h1,3-7,9-25H,2,8H2. The zero-order valence-corrected chi connectivity index (χ0v) is 24.4. The van der Waals surface area contributed by atoms with Crippen LogP contribution in [0.5, 0.6) is 0 Å². The predicted molar refractivity (Wildman–Crippen MR) is 181 cm³/mol. The second kappa shape index (κ2) is 11.2. The quantitative estimate of drug-likeness (QED) is 0.204. The van der Waals surface area contributed by atoms with E-state index in [1.54, 1.807) is 0 Å². The fourth-order valence-corrected chi connectivity index (χ4v) is 6.24. The number of para-hydroxylation sites is 2. The summed E-state index contributed by atoms with van der Waals surface area (Å²) < 4.78 is 5.99. The van der Waals surface area contributed by atoms with Crippen molar-refractivity contribution in [3.05, 3.63) is 150 Å². The second-order valence-corrected chi connectivity index (χ2v) is 11.3. The van der Waals surface area contributed by atoms with Gasteiger partial charge in [0.2, 0.25) is 5.89 Å². The molecule has 45 heavy (non-hydrogen) atoms. The Hall–Kier alpha value is -6.05. The number of aromatic nitrogens is 2. The van der Waals surface area contributed by atoms with Crippen molar-refractivity contribution in [1.82, 2.24) is 9.97 Å². The maximum Gasteiger partial charge on any atom is 0.227 e. The molecule has 8 rings (SSSR count). The van der Waals surface area contributed by atoms with Crippen LogP contribution in [0.2, 0.25) is 0 Å². The Morgan fingerprint density at radius 1 is 0.644 bits per heavy atom. The highest BCUT2D eigenvalue weighted by atomic mass is 16.3. The van der Waals surface area contributed by atoms with Crippen molar-refractivity contribution in [1.29, 1.82) is 5.26 Å². The number of rotatable bonds is 5. The van der Waals surface area contributed by atoms with E-state index in [0.717, 1.165) is 63.0 Å². The first kappa shape index (κ1) is 26.6. The minimum Gasteiger partial charge on any atom is -0.436 e. The molecule has 0 bridgehead atoms. The van der Waals surface area contributed by atoms with Gasteiger partial charge in [0, 0.05) is 17.3 Å². The van der Waals surface area contributed by atoms with Gasteiger partial charge in [-0.3, -0.25) is 4.98 Å². The van der Waals surface area contributed by atoms with Crippen molar-refractivity contribution in [2.75, 3.05) is 0 Å². The molecular weight excluding hydrogens is 550 g/mol. The van der Waals surface area contributed by atoms with E-state index in [1.807, 2.05) is 60.8 Å². The fraction of sp³-hybridized carbons (Fsp3) is 0.0488. The molecule has 0 saturated heterocycles. The van der Waals surface area contributed by atoms with Gasteiger partial charge in [-0.15, -0.1) is 0 Å². The first-order chi connectivity index (χ1) is 22.2. The van der Waals surface area contributed by atoms with Gasteiger partial charge in [-0.2, -0.15) is 5.26 Å². The van der Waals surface area contributed by atoms with Crippen molar-refractivity contribution in [3.8, 4) is 62.2 Å². The third-order valence-electron chi connectivity index (χ3n) is 8.49. The number of nitrogens with zero attached hydrogens (tertiary/aromatic N) is 3. The van der Waals surface area contributed by atoms with Gasteiger partial charge in [0.1, 0.15) is 5.52 Å². The molecule has 2 aromatic heterocycles. The molecule has 5 aromatic carbocycles. The van der Waals surface area contributed by atoms with E-state index in [1.165, 1.54) is 22.3 Å². The molecule has 0 unspecified atom stereocenters. The van der Waals surface area contributed by atoms with Crippen molar-refractivity contribution >= 4 is 17.2 Å². The summed E-state index contributed by atoms with van der Waals surface area (Å²) in [5, 5.41) is 9.97. The van der Waals surface area contributed by atoms with Crippen LogP contribution in [-0.2, 0) is 6.42 Å². The van der Waals surface area contributed by atoms with E-state index in [0.29, 0.717) is 11.5 Å². The Bertz CT molecular complexity index is 2220. The molecule has 2 heterocycles. The van der Waals surface area contributed by atoms with Crippen LogP contribution < -0.4 is 0 Å². The Labute approximate surface area is 261 Å². The van der Waals surface area contributed by atoms with E-state index in [4.69, 9.17) is 4.42 Å². The SMILES string of the molecule is N#Cc1cc(-c2ccc(-c3ccccn3)cc2)cc(-c2ccc(-c3ccc(-c4nc5ccccc5o4)cc3)c3c2CCC=C3)c1. The van der Waals surface area contributed by atoms with Crippen LogP contribution in [-0.4, -0.2) is 9.97 Å². The summed E-state index contributed by atoms with van der Waals surface area (Å²) in [5.74, 6) is 0.625. The van der Waals surface area contributed by atoms with Gasteiger partial charge in [-0.25, -0.2) is 4.98 Å². The van der Waals surface area contributed by atoms with Crippen molar-refractivity contribution in [3.63, 3.8) is 0 Å². The van der Waals surface area contributed by atoms with Gasteiger partial charge in [-0.1, -0.05) is 78.9 Å². The smallest absolute Gasteiger partial charge is 0.227 e. The minimum atomic E-state index is 0.625. The number of fused-ring (bicyclic) bond motifs is 2. The number of hydrogen-bond acceptors (Lipinski definition) is 4. The Kier molecular flexibility index (Phi) is 6.63. The van der Waals surface area contributed by atoms with Crippen LogP contribution in [0.15, 0.2) is 138 Å². The maximum atomic E-state index is 9.97. The van der Waals surface area contributed by atoms with Crippen LogP contribution in [0.3, 0.4) is 0 Å². The van der Waals surface area contributed by atoms with Crippen molar-refractivity contribution in [2.45, 2.75) is 12.8 Å². The highest BCUT2D eigenvalue weighted by molar-refractivity contribution is 5.87. The third kappa shape index (κ3) is 5.01. The topological polar surface area (TPSA) is 62.7 Å². The number of hydrogen-bond donors (Lipinski definition) is 0. The average Bonchev–Trinajstić information content (AvgIpc) is 3.56. The van der Waals surface area contributed by atoms with Gasteiger partial charge >= 0.3 is 0 Å². The van der Waals surface area contributed by atoms with Gasteiger partial charge in [0.05, 0.1) is 17.3 Å². The summed E-state index contributed by atoms with van der Waals surface area (Å²) in [6, 6.07) is 43.6. The summed E-state index contributed by atoms with van der Waals surface area (Å²) in [4.78, 5) is 9.13. The van der Waals surface area contributed by atoms with E-state index < -0.39 is 0 Å². The Morgan fingerprint density at radius 3 is 2.18 bits per heavy atom. The maximum absolute atomic E-state index is 9.97. The lowest BCUT2D eigenvalue weighted by molar-refractivity contribution is 0.620. The third-order valence-corrected chi connectivity index (χ3v) is 8.49. The van der Waals surface area contributed by atoms with E-state index >= 15 is 0 Å². The van der Waals surface area contributed by atoms with Gasteiger partial charge < -0.3 is 4.42 Å². The van der Waals surface area contributed by atoms with E-state index in [2.05, 4.69) is 94.9 Å². The molecule has 0 atom stereocenters. The van der Waals surface area contributed by atoms with Crippen LogP contribution in [0.1, 0.15) is 23.1 Å². The van der Waals surface area contributed by atoms with Crippen LogP contribution in [0.25, 0.3) is 73.3 Å². The molecule has 0 fully saturated rings. The average molecular weight is 578 g/mol. The summed E-state index contributed by atoms with van der Waals surface area (Å²) in [6.45, 7) is 0. The Morgan fingerprint density at radius 2 is 1.38 bits per heavy atom. The second-order valence-electron chi connectivity index (χ2n) is 11.3. The summed E-state index contributed by atoms with van der Waals surface area (Å²) in [5.41, 5.74) is 14.4. The predicted octanol–water partition coefficient (Wildman–Crippen LogP) is 10.4. The Balaban J connectivity index is 1.16. The normalized spacial score (nSPS) is 12.2. The molecule has 0 radical (unpaired) electrons. The molecule has 0 aliphatic heterocycles. The number of oxazole rings is 1. The van der Waals surface area contributed by atoms with Gasteiger partial charge in [0.25, 0.3) is 0 Å². The molecule has 4 heteroatoms. The highest BCUT2D eigenvalue weighted by Crippen LogP contribution is 2.39. The fourth-order valence-electron chi connectivity index (χ4n) is 6.24. The molecule has 212 valence electrons. The molecule has 0 N–H and O–H groups in total. The molecule has 0 spiro atoms. The molecule has 1 aliphatic rings. The summed E-state index contributed by atoms with van der Waals surface area (Å²) >= 11 is 0. The number of pyridine rings is 1. The minimum absolute atomic E-state index is 0.625. The van der Waals surface area contributed by atoms with Gasteiger partial charge in [0.15, 0.2) is 5.58 Å². The number of benzene rings is 5. The summed E-state index contributed by atoms with van der Waals surface area (Å²) in [7, 11) is 0. The van der Waals surface area contributed by atoms with Crippen molar-refractivity contribution < 1.29 is 4.42 Å². The summed E-state index contributed by atoms with van der Waals surface area (Å²) in [6.07, 6.45) is 8.24. The largest absolute Gasteiger partial charge is 0.436 e. The molecule has 0 saturated carbocycles. The molecule has 7 aromatic rings. The van der Waals surface area contributed by atoms with Gasteiger partial charge in [-0.05, 0) is 112 Å². The first-order valence-electron chi connectivity index (χ1n) is 15.1. The molecular formula is C41H27N3O. The van der Waals surface area contributed by atoms with Crippen LogP contribution in [0, 0.1) is 11.3 Å². The lowest BCUT2D eigenvalue weighted by Crippen LogP contribution is -2.01. The monoisotopic (exact) mass is 577 g/mol. The zero-order valence-electron chi connectivity index (χ0n) is 24.4. The van der Waals surface area contributed by atoms with E-state index in [9.17, 15) is 5.26 Å². The van der Waals surface area contributed by atoms with Crippen LogP contribution >= 0.6 is 0 Å². The lowest BCUT2D eigenvalue weighted by atomic mass is 9.83. The number of allylic oxidation sites excluding steroid dienone is 1. The van der Waals surface area contributed by atoms with Crippen molar-refractivity contribution in [2.24, 2.45) is 0 Å². The first-order valence-corrected chi connectivity index (χ1v) is 15.1. The van der Waals surface area contributed by atoms with Crippen LogP contribution in [0.4, 0.5) is 0 Å².